The standard InChI is InChI=1S/C13H16ClFN2O/c1-18-9-8-17(7-3-6-16)13-11(10-14)4-2-5-12(13)15/h2,4-5H,3,7-10H2,1H3. The quantitative estimate of drug-likeness (QED) is 0.715. The molecule has 0 saturated carbocycles. The lowest BCUT2D eigenvalue weighted by atomic mass is 10.1. The van der Waals surface area contributed by atoms with Gasteiger partial charge in [0.15, 0.2) is 0 Å². The van der Waals surface area contributed by atoms with E-state index >= 15 is 0 Å². The molecule has 0 aliphatic carbocycles. The first-order valence-electron chi connectivity index (χ1n) is 5.68. The summed E-state index contributed by atoms with van der Waals surface area (Å²) in [5.41, 5.74) is 1.20. The molecule has 1 aromatic carbocycles. The van der Waals surface area contributed by atoms with Gasteiger partial charge in [0.2, 0.25) is 0 Å². The number of methoxy groups -OCH3 is 1. The summed E-state index contributed by atoms with van der Waals surface area (Å²) in [5.74, 6) is -0.0782. The van der Waals surface area contributed by atoms with E-state index < -0.39 is 0 Å². The van der Waals surface area contributed by atoms with E-state index in [4.69, 9.17) is 21.6 Å². The zero-order chi connectivity index (χ0) is 13.4. The molecule has 0 radical (unpaired) electrons. The minimum atomic E-state index is -0.317. The molecule has 0 fully saturated rings. The predicted molar refractivity (Wildman–Crippen MR) is 70.3 cm³/mol. The van der Waals surface area contributed by atoms with Gasteiger partial charge in [0.1, 0.15) is 5.82 Å². The average molecular weight is 271 g/mol. The van der Waals surface area contributed by atoms with Crippen molar-refractivity contribution in [2.75, 3.05) is 31.7 Å². The number of hydrogen-bond donors (Lipinski definition) is 0. The molecular formula is C13H16ClFN2O. The summed E-state index contributed by atoms with van der Waals surface area (Å²) < 4.78 is 18.9. The molecule has 0 spiro atoms. The van der Waals surface area contributed by atoms with Gasteiger partial charge in [0.25, 0.3) is 0 Å². The Labute approximate surface area is 112 Å². The van der Waals surface area contributed by atoms with Crippen molar-refractivity contribution in [3.05, 3.63) is 29.6 Å². The van der Waals surface area contributed by atoms with Gasteiger partial charge in [-0.15, -0.1) is 11.6 Å². The van der Waals surface area contributed by atoms with Gasteiger partial charge >= 0.3 is 0 Å². The number of hydrogen-bond acceptors (Lipinski definition) is 3. The third-order valence-corrected chi connectivity index (χ3v) is 2.88. The number of anilines is 1. The summed E-state index contributed by atoms with van der Waals surface area (Å²) in [5, 5.41) is 8.66. The van der Waals surface area contributed by atoms with Crippen LogP contribution in [0.25, 0.3) is 0 Å². The molecule has 1 aromatic rings. The Hall–Kier alpha value is -1.31. The van der Waals surface area contributed by atoms with Crippen molar-refractivity contribution in [1.82, 2.24) is 0 Å². The minimum absolute atomic E-state index is 0.239. The molecule has 0 heterocycles. The van der Waals surface area contributed by atoms with Gasteiger partial charge in [-0.2, -0.15) is 5.26 Å². The highest BCUT2D eigenvalue weighted by Gasteiger charge is 2.15. The smallest absolute Gasteiger partial charge is 0.146 e. The first-order chi connectivity index (χ1) is 8.74. The second-order valence-electron chi connectivity index (χ2n) is 3.77. The lowest BCUT2D eigenvalue weighted by molar-refractivity contribution is 0.205. The first kappa shape index (κ1) is 14.7. The van der Waals surface area contributed by atoms with Gasteiger partial charge in [0, 0.05) is 26.1 Å². The number of ether oxygens (including phenoxy) is 1. The molecule has 5 heteroatoms. The normalized spacial score (nSPS) is 10.1. The van der Waals surface area contributed by atoms with E-state index in [9.17, 15) is 4.39 Å². The zero-order valence-corrected chi connectivity index (χ0v) is 11.1. The van der Waals surface area contributed by atoms with Crippen LogP contribution in [0.3, 0.4) is 0 Å². The average Bonchev–Trinajstić information content (AvgIpc) is 2.39. The molecule has 0 amide bonds. The summed E-state index contributed by atoms with van der Waals surface area (Å²) in [6.45, 7) is 1.47. The van der Waals surface area contributed by atoms with E-state index in [0.29, 0.717) is 31.8 Å². The van der Waals surface area contributed by atoms with Crippen LogP contribution >= 0.6 is 11.6 Å². The van der Waals surface area contributed by atoms with E-state index in [-0.39, 0.29) is 11.7 Å². The van der Waals surface area contributed by atoms with Crippen molar-refractivity contribution >= 4 is 17.3 Å². The number of nitriles is 1. The molecule has 0 unspecified atom stereocenters. The van der Waals surface area contributed by atoms with Crippen LogP contribution in [0.2, 0.25) is 0 Å². The van der Waals surface area contributed by atoms with Gasteiger partial charge in [-0.3, -0.25) is 0 Å². The van der Waals surface area contributed by atoms with E-state index in [1.807, 2.05) is 0 Å². The molecule has 0 N–H and O–H groups in total. The molecular weight excluding hydrogens is 255 g/mol. The number of benzene rings is 1. The predicted octanol–water partition coefficient (Wildman–Crippen LogP) is 2.93. The number of alkyl halides is 1. The van der Waals surface area contributed by atoms with Gasteiger partial charge in [0.05, 0.1) is 24.8 Å². The first-order valence-corrected chi connectivity index (χ1v) is 6.22. The summed E-state index contributed by atoms with van der Waals surface area (Å²) in [4.78, 5) is 1.81. The monoisotopic (exact) mass is 270 g/mol. The number of rotatable bonds is 7. The Morgan fingerprint density at radius 3 is 2.83 bits per heavy atom. The molecule has 18 heavy (non-hydrogen) atoms. The minimum Gasteiger partial charge on any atom is -0.383 e. The third-order valence-electron chi connectivity index (χ3n) is 2.59. The molecule has 0 aliphatic heterocycles. The molecule has 0 saturated heterocycles. The van der Waals surface area contributed by atoms with Crippen LogP contribution in [0, 0.1) is 17.1 Å². The number of nitrogens with zero attached hydrogens (tertiary/aromatic N) is 2. The molecule has 1 rings (SSSR count). The molecule has 98 valence electrons. The van der Waals surface area contributed by atoms with Crippen LogP contribution in [-0.2, 0) is 10.6 Å². The summed E-state index contributed by atoms with van der Waals surface area (Å²) >= 11 is 5.83. The topological polar surface area (TPSA) is 36.3 Å². The largest absolute Gasteiger partial charge is 0.383 e. The van der Waals surface area contributed by atoms with Crippen LogP contribution < -0.4 is 4.90 Å². The summed E-state index contributed by atoms with van der Waals surface area (Å²) in [6, 6.07) is 6.89. The van der Waals surface area contributed by atoms with Crippen LogP contribution in [-0.4, -0.2) is 26.8 Å². The highest BCUT2D eigenvalue weighted by atomic mass is 35.5. The Balaban J connectivity index is 2.99. The van der Waals surface area contributed by atoms with Crippen molar-refractivity contribution in [3.63, 3.8) is 0 Å². The van der Waals surface area contributed by atoms with Gasteiger partial charge < -0.3 is 9.64 Å². The summed E-state index contributed by atoms with van der Waals surface area (Å²) in [7, 11) is 1.59. The maximum absolute atomic E-state index is 13.9. The lowest BCUT2D eigenvalue weighted by Gasteiger charge is -2.26. The van der Waals surface area contributed by atoms with Crippen LogP contribution in [0.4, 0.5) is 10.1 Å². The van der Waals surface area contributed by atoms with Gasteiger partial charge in [-0.1, -0.05) is 12.1 Å². The Kier molecular flexibility index (Phi) is 6.48. The van der Waals surface area contributed by atoms with Crippen molar-refractivity contribution in [1.29, 1.82) is 5.26 Å². The van der Waals surface area contributed by atoms with Crippen molar-refractivity contribution < 1.29 is 9.13 Å². The van der Waals surface area contributed by atoms with Crippen LogP contribution in [0.5, 0.6) is 0 Å². The van der Waals surface area contributed by atoms with Crippen molar-refractivity contribution in [3.8, 4) is 6.07 Å². The highest BCUT2D eigenvalue weighted by molar-refractivity contribution is 6.17. The van der Waals surface area contributed by atoms with Gasteiger partial charge in [-0.25, -0.2) is 4.39 Å². The maximum atomic E-state index is 13.9. The van der Waals surface area contributed by atoms with E-state index in [0.717, 1.165) is 5.56 Å². The fourth-order valence-electron chi connectivity index (χ4n) is 1.74. The van der Waals surface area contributed by atoms with E-state index in [1.54, 1.807) is 24.1 Å². The third kappa shape index (κ3) is 3.86. The molecule has 0 atom stereocenters. The second-order valence-corrected chi connectivity index (χ2v) is 4.04. The van der Waals surface area contributed by atoms with Crippen molar-refractivity contribution in [2.45, 2.75) is 12.3 Å². The van der Waals surface area contributed by atoms with E-state index in [2.05, 4.69) is 6.07 Å². The molecule has 0 aliphatic rings. The second kappa shape index (κ2) is 7.91. The SMILES string of the molecule is COCCN(CCC#N)c1c(F)cccc1CCl. The maximum Gasteiger partial charge on any atom is 0.146 e. The van der Waals surface area contributed by atoms with Crippen LogP contribution in [0.15, 0.2) is 18.2 Å². The molecule has 0 aromatic heterocycles. The number of halogens is 2. The van der Waals surface area contributed by atoms with Crippen LogP contribution in [0.1, 0.15) is 12.0 Å². The Morgan fingerprint density at radius 2 is 2.22 bits per heavy atom. The Bertz CT molecular complexity index is 420. The fourth-order valence-corrected chi connectivity index (χ4v) is 1.96. The van der Waals surface area contributed by atoms with Gasteiger partial charge in [-0.05, 0) is 11.6 Å². The van der Waals surface area contributed by atoms with E-state index in [1.165, 1.54) is 6.07 Å². The lowest BCUT2D eigenvalue weighted by Crippen LogP contribution is -2.30. The van der Waals surface area contributed by atoms with Crippen molar-refractivity contribution in [2.24, 2.45) is 0 Å². The highest BCUT2D eigenvalue weighted by Crippen LogP contribution is 2.26. The zero-order valence-electron chi connectivity index (χ0n) is 10.3. The molecule has 0 bridgehead atoms. The summed E-state index contributed by atoms with van der Waals surface area (Å²) in [6.07, 6.45) is 0.333. The number of para-hydroxylation sites is 1. The fraction of sp³-hybridized carbons (Fsp3) is 0.462. The molecule has 3 nitrogen and oxygen atoms in total. The Morgan fingerprint density at radius 1 is 1.44 bits per heavy atom.